The summed E-state index contributed by atoms with van der Waals surface area (Å²) in [4.78, 5) is 12.8. The number of hydrogen-bond acceptors (Lipinski definition) is 1. The lowest BCUT2D eigenvalue weighted by Crippen LogP contribution is -2.37. The van der Waals surface area contributed by atoms with E-state index >= 15 is 0 Å². The van der Waals surface area contributed by atoms with Gasteiger partial charge in [0, 0.05) is 12.5 Å². The lowest BCUT2D eigenvalue weighted by Gasteiger charge is -2.31. The van der Waals surface area contributed by atoms with Gasteiger partial charge in [-0.05, 0) is 60.9 Å². The lowest BCUT2D eigenvalue weighted by atomic mass is 9.75. The van der Waals surface area contributed by atoms with Gasteiger partial charge in [0.15, 0.2) is 0 Å². The molecule has 150 valence electrons. The topological polar surface area (TPSA) is 29.1 Å². The van der Waals surface area contributed by atoms with Crippen molar-refractivity contribution in [3.63, 3.8) is 0 Å². The molecule has 1 saturated carbocycles. The van der Waals surface area contributed by atoms with Gasteiger partial charge in [-0.1, -0.05) is 49.2 Å². The van der Waals surface area contributed by atoms with Crippen molar-refractivity contribution < 1.29 is 18.0 Å². The summed E-state index contributed by atoms with van der Waals surface area (Å²) in [5, 5.41) is 2.94. The van der Waals surface area contributed by atoms with E-state index in [9.17, 15) is 18.0 Å². The van der Waals surface area contributed by atoms with Crippen LogP contribution in [0.3, 0.4) is 0 Å². The van der Waals surface area contributed by atoms with Crippen molar-refractivity contribution in [2.24, 2.45) is 11.8 Å². The molecule has 0 heterocycles. The monoisotopic (exact) mass is 389 g/mol. The summed E-state index contributed by atoms with van der Waals surface area (Å²) in [5.74, 6) is 0.281. The van der Waals surface area contributed by atoms with Gasteiger partial charge in [0.25, 0.3) is 0 Å². The van der Waals surface area contributed by atoms with E-state index in [0.29, 0.717) is 11.5 Å². The Balaban J connectivity index is 1.61. The van der Waals surface area contributed by atoms with E-state index in [1.165, 1.54) is 23.3 Å². The number of hydrogen-bond donors (Lipinski definition) is 1. The Kier molecular flexibility index (Phi) is 6.42. The van der Waals surface area contributed by atoms with Crippen LogP contribution in [0.4, 0.5) is 13.2 Å². The number of halogens is 3. The Labute approximate surface area is 164 Å². The van der Waals surface area contributed by atoms with Gasteiger partial charge in [-0.25, -0.2) is 0 Å². The van der Waals surface area contributed by atoms with Crippen molar-refractivity contribution >= 4 is 5.91 Å². The standard InChI is InChI=1S/C23H26F3NO/c1-16-6-2-3-7-18(16)14-19-8-4-5-9-21(19)22(28)27-15-17-10-12-20(13-11-17)23(24,25)26/h2-3,6-7,10-13,19,21H,4-5,8-9,14-15H2,1H3,(H,27,28). The van der Waals surface area contributed by atoms with Gasteiger partial charge in [0.1, 0.15) is 0 Å². The number of amides is 1. The molecule has 2 aromatic rings. The number of rotatable bonds is 5. The van der Waals surface area contributed by atoms with Crippen molar-refractivity contribution in [1.82, 2.24) is 5.32 Å². The molecule has 0 aromatic heterocycles. The van der Waals surface area contributed by atoms with Crippen LogP contribution >= 0.6 is 0 Å². The quantitative estimate of drug-likeness (QED) is 0.700. The summed E-state index contributed by atoms with van der Waals surface area (Å²) in [6.07, 6.45) is 0.641. The van der Waals surface area contributed by atoms with Crippen LogP contribution in [0.25, 0.3) is 0 Å². The molecule has 28 heavy (non-hydrogen) atoms. The molecule has 2 atom stereocenters. The minimum absolute atomic E-state index is 0.0122. The Morgan fingerprint density at radius 2 is 1.71 bits per heavy atom. The lowest BCUT2D eigenvalue weighted by molar-refractivity contribution is -0.137. The fraction of sp³-hybridized carbons (Fsp3) is 0.435. The van der Waals surface area contributed by atoms with Crippen LogP contribution in [0.1, 0.15) is 47.9 Å². The number of nitrogens with one attached hydrogen (secondary N) is 1. The SMILES string of the molecule is Cc1ccccc1CC1CCCCC1C(=O)NCc1ccc(C(F)(F)F)cc1. The highest BCUT2D eigenvalue weighted by molar-refractivity contribution is 5.79. The van der Waals surface area contributed by atoms with E-state index < -0.39 is 11.7 Å². The first-order valence-electron chi connectivity index (χ1n) is 9.83. The average Bonchev–Trinajstić information content (AvgIpc) is 2.68. The smallest absolute Gasteiger partial charge is 0.352 e. The molecule has 0 bridgehead atoms. The second-order valence-electron chi connectivity index (χ2n) is 7.69. The highest BCUT2D eigenvalue weighted by atomic mass is 19.4. The highest BCUT2D eigenvalue weighted by Crippen LogP contribution is 2.33. The predicted octanol–water partition coefficient (Wildman–Crippen LogP) is 5.68. The minimum Gasteiger partial charge on any atom is -0.352 e. The first-order valence-corrected chi connectivity index (χ1v) is 9.83. The maximum Gasteiger partial charge on any atom is 0.416 e. The molecule has 1 fully saturated rings. The van der Waals surface area contributed by atoms with Crippen LogP contribution in [0, 0.1) is 18.8 Å². The average molecular weight is 389 g/mol. The third-order valence-electron chi connectivity index (χ3n) is 5.74. The van der Waals surface area contributed by atoms with Crippen molar-refractivity contribution in [2.75, 3.05) is 0 Å². The van der Waals surface area contributed by atoms with Crippen LogP contribution in [0.2, 0.25) is 0 Å². The molecule has 0 spiro atoms. The van der Waals surface area contributed by atoms with Gasteiger partial charge < -0.3 is 5.32 Å². The number of carbonyl (C=O) groups excluding carboxylic acids is 1. The van der Waals surface area contributed by atoms with E-state index in [2.05, 4.69) is 24.4 Å². The van der Waals surface area contributed by atoms with Gasteiger partial charge in [-0.3, -0.25) is 4.79 Å². The molecule has 1 N–H and O–H groups in total. The van der Waals surface area contributed by atoms with Crippen molar-refractivity contribution in [3.8, 4) is 0 Å². The molecule has 2 unspecified atom stereocenters. The molecular weight excluding hydrogens is 363 g/mol. The van der Waals surface area contributed by atoms with E-state index in [4.69, 9.17) is 0 Å². The summed E-state index contributed by atoms with van der Waals surface area (Å²) < 4.78 is 38.0. The molecule has 1 aliphatic rings. The Hall–Kier alpha value is -2.30. The largest absolute Gasteiger partial charge is 0.416 e. The number of benzene rings is 2. The number of aryl methyl sites for hydroxylation is 1. The van der Waals surface area contributed by atoms with Crippen LogP contribution in [0.5, 0.6) is 0 Å². The normalized spacial score (nSPS) is 20.0. The first kappa shape index (κ1) is 20.4. The van der Waals surface area contributed by atoms with E-state index in [-0.39, 0.29) is 18.4 Å². The number of carbonyl (C=O) groups is 1. The molecule has 3 rings (SSSR count). The molecule has 1 amide bonds. The van der Waals surface area contributed by atoms with Crippen molar-refractivity contribution in [3.05, 3.63) is 70.8 Å². The highest BCUT2D eigenvalue weighted by Gasteiger charge is 2.31. The van der Waals surface area contributed by atoms with E-state index in [1.807, 2.05) is 12.1 Å². The third kappa shape index (κ3) is 5.15. The van der Waals surface area contributed by atoms with Gasteiger partial charge in [0.2, 0.25) is 5.91 Å². The summed E-state index contributed by atoms with van der Waals surface area (Å²) in [6, 6.07) is 13.2. The van der Waals surface area contributed by atoms with Gasteiger partial charge >= 0.3 is 6.18 Å². The third-order valence-corrected chi connectivity index (χ3v) is 5.74. The van der Waals surface area contributed by atoms with Crippen LogP contribution in [-0.4, -0.2) is 5.91 Å². The van der Waals surface area contributed by atoms with Crippen molar-refractivity contribution in [1.29, 1.82) is 0 Å². The molecule has 0 radical (unpaired) electrons. The predicted molar refractivity (Wildman–Crippen MR) is 104 cm³/mol. The number of alkyl halides is 3. The molecule has 0 saturated heterocycles. The Morgan fingerprint density at radius 3 is 2.39 bits per heavy atom. The summed E-state index contributed by atoms with van der Waals surface area (Å²) in [6.45, 7) is 2.35. The van der Waals surface area contributed by atoms with Crippen LogP contribution < -0.4 is 5.32 Å². The van der Waals surface area contributed by atoms with Crippen LogP contribution in [-0.2, 0) is 23.9 Å². The maximum atomic E-state index is 12.8. The molecule has 2 aromatic carbocycles. The maximum absolute atomic E-state index is 12.8. The molecular formula is C23H26F3NO. The molecule has 1 aliphatic carbocycles. The molecule has 2 nitrogen and oxygen atoms in total. The summed E-state index contributed by atoms with van der Waals surface area (Å²) >= 11 is 0. The van der Waals surface area contributed by atoms with Gasteiger partial charge in [-0.2, -0.15) is 13.2 Å². The zero-order valence-corrected chi connectivity index (χ0v) is 16.1. The Bertz CT molecular complexity index is 798. The summed E-state index contributed by atoms with van der Waals surface area (Å²) in [7, 11) is 0. The zero-order chi connectivity index (χ0) is 20.1. The first-order chi connectivity index (χ1) is 13.3. The fourth-order valence-electron chi connectivity index (χ4n) is 4.05. The van der Waals surface area contributed by atoms with Gasteiger partial charge in [0.05, 0.1) is 5.56 Å². The summed E-state index contributed by atoms with van der Waals surface area (Å²) in [5.41, 5.74) is 2.53. The van der Waals surface area contributed by atoms with E-state index in [0.717, 1.165) is 44.2 Å². The Morgan fingerprint density at radius 1 is 1.04 bits per heavy atom. The second-order valence-corrected chi connectivity index (χ2v) is 7.69. The van der Waals surface area contributed by atoms with Gasteiger partial charge in [-0.15, -0.1) is 0 Å². The molecule has 5 heteroatoms. The minimum atomic E-state index is -4.34. The fourth-order valence-corrected chi connectivity index (χ4v) is 4.05. The zero-order valence-electron chi connectivity index (χ0n) is 16.1. The molecule has 0 aliphatic heterocycles. The second kappa shape index (κ2) is 8.80. The van der Waals surface area contributed by atoms with E-state index in [1.54, 1.807) is 0 Å². The van der Waals surface area contributed by atoms with Crippen LogP contribution in [0.15, 0.2) is 48.5 Å². The van der Waals surface area contributed by atoms with Crippen molar-refractivity contribution in [2.45, 2.75) is 51.7 Å².